The van der Waals surface area contributed by atoms with Crippen LogP contribution < -0.4 is 0 Å². The molecule has 20 heavy (non-hydrogen) atoms. The molecule has 1 amide bonds. The molecule has 1 aliphatic carbocycles. The number of carbonyl (C=O) groups excluding carboxylic acids is 1. The van der Waals surface area contributed by atoms with Gasteiger partial charge in [0.2, 0.25) is 5.91 Å². The Balaban J connectivity index is 1.73. The number of aliphatic hydroxyl groups excluding tert-OH is 1. The van der Waals surface area contributed by atoms with Crippen molar-refractivity contribution in [2.24, 2.45) is 5.41 Å². The molecule has 0 bridgehead atoms. The number of aliphatic hydroxyl groups is 1. The van der Waals surface area contributed by atoms with E-state index in [2.05, 4.69) is 11.9 Å². The lowest BCUT2D eigenvalue weighted by atomic mass is 9.69. The molecule has 1 saturated carbocycles. The summed E-state index contributed by atoms with van der Waals surface area (Å²) in [4.78, 5) is 16.5. The van der Waals surface area contributed by atoms with E-state index in [0.29, 0.717) is 12.5 Å². The fraction of sp³-hybridized carbons (Fsp3) is 0.938. The van der Waals surface area contributed by atoms with Crippen molar-refractivity contribution < 1.29 is 9.90 Å². The van der Waals surface area contributed by atoms with Crippen LogP contribution in [0.1, 0.15) is 51.4 Å². The van der Waals surface area contributed by atoms with Crippen LogP contribution in [-0.4, -0.2) is 60.6 Å². The number of likely N-dealkylation sites (tertiary alicyclic amines) is 1. The maximum absolute atomic E-state index is 12.3. The molecule has 2 aliphatic rings. The van der Waals surface area contributed by atoms with Crippen molar-refractivity contribution >= 4 is 5.91 Å². The Labute approximate surface area is 123 Å². The zero-order valence-electron chi connectivity index (χ0n) is 13.1. The van der Waals surface area contributed by atoms with E-state index in [9.17, 15) is 9.90 Å². The Morgan fingerprint density at radius 1 is 1.35 bits per heavy atom. The smallest absolute Gasteiger partial charge is 0.222 e. The average Bonchev–Trinajstić information content (AvgIpc) is 2.41. The summed E-state index contributed by atoms with van der Waals surface area (Å²) in [6.07, 6.45) is 8.76. The fourth-order valence-electron chi connectivity index (χ4n) is 3.62. The Morgan fingerprint density at radius 3 is 2.65 bits per heavy atom. The standard InChI is InChI=1S/C16H30N2O2/c1-17-11-4-3-6-14(17)7-8-15(20)18(2)12-16(13-19)9-5-10-16/h14,19H,3-13H2,1-2H3/t14-/m1/s1. The van der Waals surface area contributed by atoms with Crippen LogP contribution >= 0.6 is 0 Å². The summed E-state index contributed by atoms with van der Waals surface area (Å²) in [5.41, 5.74) is 0.00599. The van der Waals surface area contributed by atoms with E-state index < -0.39 is 0 Å². The van der Waals surface area contributed by atoms with Crippen LogP contribution in [0.2, 0.25) is 0 Å². The normalized spacial score (nSPS) is 26.1. The predicted octanol–water partition coefficient (Wildman–Crippen LogP) is 1.87. The van der Waals surface area contributed by atoms with Crippen LogP contribution in [0.25, 0.3) is 0 Å². The monoisotopic (exact) mass is 282 g/mol. The number of amides is 1. The molecule has 2 rings (SSSR count). The molecular weight excluding hydrogens is 252 g/mol. The number of nitrogens with zero attached hydrogens (tertiary/aromatic N) is 2. The molecule has 4 heteroatoms. The van der Waals surface area contributed by atoms with Gasteiger partial charge in [0.15, 0.2) is 0 Å². The highest BCUT2D eigenvalue weighted by Gasteiger charge is 2.38. The van der Waals surface area contributed by atoms with E-state index in [1.54, 1.807) is 0 Å². The van der Waals surface area contributed by atoms with Gasteiger partial charge in [-0.15, -0.1) is 0 Å². The van der Waals surface area contributed by atoms with Crippen molar-refractivity contribution in [1.82, 2.24) is 9.80 Å². The number of rotatable bonds is 6. The predicted molar refractivity (Wildman–Crippen MR) is 80.5 cm³/mol. The van der Waals surface area contributed by atoms with Crippen LogP contribution in [0, 0.1) is 5.41 Å². The molecule has 0 radical (unpaired) electrons. The first-order valence-electron chi connectivity index (χ1n) is 8.11. The summed E-state index contributed by atoms with van der Waals surface area (Å²) in [7, 11) is 4.07. The van der Waals surface area contributed by atoms with E-state index in [0.717, 1.165) is 25.8 Å². The van der Waals surface area contributed by atoms with Gasteiger partial charge in [-0.3, -0.25) is 4.79 Å². The topological polar surface area (TPSA) is 43.8 Å². The lowest BCUT2D eigenvalue weighted by Gasteiger charge is -2.43. The van der Waals surface area contributed by atoms with Gasteiger partial charge in [0.05, 0.1) is 6.61 Å². The van der Waals surface area contributed by atoms with E-state index in [4.69, 9.17) is 0 Å². The molecule has 1 aliphatic heterocycles. The number of carbonyl (C=O) groups is 1. The molecule has 1 saturated heterocycles. The van der Waals surface area contributed by atoms with Crippen molar-refractivity contribution in [1.29, 1.82) is 0 Å². The molecule has 2 fully saturated rings. The maximum Gasteiger partial charge on any atom is 0.222 e. The van der Waals surface area contributed by atoms with Crippen LogP contribution in [0.4, 0.5) is 0 Å². The second kappa shape index (κ2) is 6.90. The summed E-state index contributed by atoms with van der Waals surface area (Å²) >= 11 is 0. The highest BCUT2D eigenvalue weighted by molar-refractivity contribution is 5.75. The zero-order valence-corrected chi connectivity index (χ0v) is 13.1. The third-order valence-electron chi connectivity index (χ3n) is 5.36. The minimum absolute atomic E-state index is 0.00599. The SMILES string of the molecule is CN(CC1(CO)CCC1)C(=O)CC[C@H]1CCCCN1C. The molecule has 0 aromatic carbocycles. The van der Waals surface area contributed by atoms with Crippen LogP contribution in [0.3, 0.4) is 0 Å². The van der Waals surface area contributed by atoms with Crippen molar-refractivity contribution in [3.8, 4) is 0 Å². The van der Waals surface area contributed by atoms with Gasteiger partial charge < -0.3 is 14.9 Å². The van der Waals surface area contributed by atoms with E-state index in [1.807, 2.05) is 11.9 Å². The van der Waals surface area contributed by atoms with Crippen LogP contribution in [0.5, 0.6) is 0 Å². The third kappa shape index (κ3) is 3.73. The first-order valence-corrected chi connectivity index (χ1v) is 8.11. The van der Waals surface area contributed by atoms with Gasteiger partial charge in [-0.1, -0.05) is 12.8 Å². The summed E-state index contributed by atoms with van der Waals surface area (Å²) in [5.74, 6) is 0.240. The molecule has 4 nitrogen and oxygen atoms in total. The Morgan fingerprint density at radius 2 is 2.10 bits per heavy atom. The van der Waals surface area contributed by atoms with E-state index in [-0.39, 0.29) is 17.9 Å². The summed E-state index contributed by atoms with van der Waals surface area (Å²) < 4.78 is 0. The lowest BCUT2D eigenvalue weighted by molar-refractivity contribution is -0.133. The molecule has 1 N–H and O–H groups in total. The maximum atomic E-state index is 12.3. The summed E-state index contributed by atoms with van der Waals surface area (Å²) in [6, 6.07) is 0.580. The van der Waals surface area contributed by atoms with Gasteiger partial charge >= 0.3 is 0 Å². The largest absolute Gasteiger partial charge is 0.396 e. The van der Waals surface area contributed by atoms with Crippen LogP contribution in [0.15, 0.2) is 0 Å². The van der Waals surface area contributed by atoms with Crippen molar-refractivity contribution in [3.05, 3.63) is 0 Å². The summed E-state index contributed by atoms with van der Waals surface area (Å²) in [6.45, 7) is 2.11. The molecule has 116 valence electrons. The Kier molecular flexibility index (Phi) is 5.44. The minimum Gasteiger partial charge on any atom is -0.396 e. The molecule has 0 aromatic heterocycles. The highest BCUT2D eigenvalue weighted by atomic mass is 16.3. The zero-order chi connectivity index (χ0) is 14.6. The summed E-state index contributed by atoms with van der Waals surface area (Å²) in [5, 5.41) is 9.49. The van der Waals surface area contributed by atoms with Gasteiger partial charge in [0.1, 0.15) is 0 Å². The van der Waals surface area contributed by atoms with E-state index in [1.165, 1.54) is 32.2 Å². The third-order valence-corrected chi connectivity index (χ3v) is 5.36. The van der Waals surface area contributed by atoms with Crippen molar-refractivity contribution in [3.63, 3.8) is 0 Å². The van der Waals surface area contributed by atoms with Crippen molar-refractivity contribution in [2.75, 3.05) is 33.8 Å². The second-order valence-corrected chi connectivity index (χ2v) is 6.93. The average molecular weight is 282 g/mol. The number of hydrogen-bond acceptors (Lipinski definition) is 3. The Hall–Kier alpha value is -0.610. The van der Waals surface area contributed by atoms with Crippen molar-refractivity contribution in [2.45, 2.75) is 57.4 Å². The van der Waals surface area contributed by atoms with Gasteiger partial charge in [0, 0.05) is 31.5 Å². The van der Waals surface area contributed by atoms with E-state index >= 15 is 0 Å². The van der Waals surface area contributed by atoms with Gasteiger partial charge in [-0.2, -0.15) is 0 Å². The van der Waals surface area contributed by atoms with Gasteiger partial charge in [-0.25, -0.2) is 0 Å². The first-order chi connectivity index (χ1) is 9.56. The number of hydrogen-bond donors (Lipinski definition) is 1. The molecular formula is C16H30N2O2. The molecule has 0 aromatic rings. The van der Waals surface area contributed by atoms with Crippen LogP contribution in [-0.2, 0) is 4.79 Å². The lowest BCUT2D eigenvalue weighted by Crippen LogP contribution is -2.45. The number of piperidine rings is 1. The second-order valence-electron chi connectivity index (χ2n) is 6.93. The van der Waals surface area contributed by atoms with Gasteiger partial charge in [-0.05, 0) is 45.7 Å². The fourth-order valence-corrected chi connectivity index (χ4v) is 3.62. The minimum atomic E-state index is 0.00599. The molecule has 1 heterocycles. The molecule has 0 spiro atoms. The van der Waals surface area contributed by atoms with Gasteiger partial charge in [0.25, 0.3) is 0 Å². The highest BCUT2D eigenvalue weighted by Crippen LogP contribution is 2.40. The Bertz CT molecular complexity index is 323. The quantitative estimate of drug-likeness (QED) is 0.809. The molecule has 1 atom stereocenters. The first kappa shape index (κ1) is 15.8. The molecule has 0 unspecified atom stereocenters.